The summed E-state index contributed by atoms with van der Waals surface area (Å²) in [7, 11) is -2.88. The lowest BCUT2D eigenvalue weighted by Gasteiger charge is -2.36. The van der Waals surface area contributed by atoms with E-state index in [1.807, 2.05) is 26.0 Å². The predicted octanol–water partition coefficient (Wildman–Crippen LogP) is 1.08. The van der Waals surface area contributed by atoms with Crippen molar-refractivity contribution >= 4 is 15.5 Å². The van der Waals surface area contributed by atoms with Crippen molar-refractivity contribution in [3.63, 3.8) is 0 Å². The van der Waals surface area contributed by atoms with Crippen molar-refractivity contribution < 1.29 is 8.42 Å². The summed E-state index contributed by atoms with van der Waals surface area (Å²) in [5.74, 6) is 0.459. The first-order chi connectivity index (χ1) is 8.43. The van der Waals surface area contributed by atoms with Gasteiger partial charge in [0, 0.05) is 24.8 Å². The van der Waals surface area contributed by atoms with Crippen LogP contribution in [0.5, 0.6) is 0 Å². The van der Waals surface area contributed by atoms with Crippen LogP contribution in [-0.2, 0) is 16.4 Å². The highest BCUT2D eigenvalue weighted by Crippen LogP contribution is 2.26. The Morgan fingerprint density at radius 2 is 2.17 bits per heavy atom. The Bertz CT molecular complexity index is 540. The average Bonchev–Trinajstić information content (AvgIpc) is 2.28. The molecule has 5 heteroatoms. The lowest BCUT2D eigenvalue weighted by Crippen LogP contribution is -2.47. The minimum atomic E-state index is -2.88. The number of benzene rings is 1. The fraction of sp³-hybridized carbons (Fsp3) is 0.538. The monoisotopic (exact) mass is 268 g/mol. The van der Waals surface area contributed by atoms with E-state index in [1.54, 1.807) is 0 Å². The Hall–Kier alpha value is -1.07. The van der Waals surface area contributed by atoms with E-state index in [9.17, 15) is 8.42 Å². The molecule has 0 radical (unpaired) electrons. The van der Waals surface area contributed by atoms with Gasteiger partial charge < -0.3 is 10.6 Å². The Kier molecular flexibility index (Phi) is 3.64. The molecule has 1 aliphatic rings. The Labute approximate surface area is 109 Å². The molecule has 1 unspecified atom stereocenters. The molecule has 1 aromatic rings. The average molecular weight is 268 g/mol. The fourth-order valence-corrected chi connectivity index (χ4v) is 4.03. The number of anilines is 1. The second-order valence-corrected chi connectivity index (χ2v) is 7.22. The molecule has 2 N–H and O–H groups in total. The van der Waals surface area contributed by atoms with Gasteiger partial charge in [-0.25, -0.2) is 8.42 Å². The van der Waals surface area contributed by atoms with Crippen LogP contribution in [0, 0.1) is 6.92 Å². The third-order valence-corrected chi connectivity index (χ3v) is 5.24. The predicted molar refractivity (Wildman–Crippen MR) is 74.5 cm³/mol. The number of nitrogens with two attached hydrogens (primary N) is 1. The highest BCUT2D eigenvalue weighted by atomic mass is 32.2. The van der Waals surface area contributed by atoms with Gasteiger partial charge in [-0.3, -0.25) is 0 Å². The summed E-state index contributed by atoms with van der Waals surface area (Å²) in [5.41, 5.74) is 9.09. The molecular formula is C13H20N2O2S. The van der Waals surface area contributed by atoms with E-state index in [2.05, 4.69) is 11.0 Å². The molecule has 0 aromatic heterocycles. The molecule has 1 atom stereocenters. The first-order valence-electron chi connectivity index (χ1n) is 6.19. The number of aryl methyl sites for hydroxylation is 1. The third-order valence-electron chi connectivity index (χ3n) is 3.44. The molecule has 1 aliphatic heterocycles. The van der Waals surface area contributed by atoms with Crippen LogP contribution in [0.3, 0.4) is 0 Å². The number of rotatable bonds is 2. The highest BCUT2D eigenvalue weighted by Gasteiger charge is 2.29. The van der Waals surface area contributed by atoms with E-state index >= 15 is 0 Å². The number of sulfone groups is 1. The third kappa shape index (κ3) is 2.67. The zero-order valence-corrected chi connectivity index (χ0v) is 11.7. The summed E-state index contributed by atoms with van der Waals surface area (Å²) in [5, 5.41) is 0. The molecule has 0 bridgehead atoms. The molecule has 4 nitrogen and oxygen atoms in total. The van der Waals surface area contributed by atoms with Crippen molar-refractivity contribution in [3.8, 4) is 0 Å². The van der Waals surface area contributed by atoms with Crippen LogP contribution < -0.4 is 10.6 Å². The summed E-state index contributed by atoms with van der Waals surface area (Å²) in [6.45, 7) is 5.03. The maximum absolute atomic E-state index is 11.6. The first kappa shape index (κ1) is 13.4. The molecule has 100 valence electrons. The lowest BCUT2D eigenvalue weighted by molar-refractivity contribution is 0.568. The van der Waals surface area contributed by atoms with Gasteiger partial charge in [0.15, 0.2) is 9.84 Å². The van der Waals surface area contributed by atoms with Crippen LogP contribution in [0.4, 0.5) is 5.69 Å². The molecule has 0 amide bonds. The second-order valence-electron chi connectivity index (χ2n) is 4.99. The molecule has 1 saturated heterocycles. The lowest BCUT2D eigenvalue weighted by atomic mass is 10.1. The fourth-order valence-electron chi connectivity index (χ4n) is 2.47. The van der Waals surface area contributed by atoms with Gasteiger partial charge in [-0.2, -0.15) is 0 Å². The van der Waals surface area contributed by atoms with Crippen molar-refractivity contribution in [2.24, 2.45) is 5.73 Å². The Balaban J connectivity index is 2.34. The van der Waals surface area contributed by atoms with E-state index in [0.717, 1.165) is 11.3 Å². The maximum Gasteiger partial charge on any atom is 0.154 e. The van der Waals surface area contributed by atoms with Gasteiger partial charge in [0.05, 0.1) is 11.5 Å². The molecule has 1 heterocycles. The normalized spacial score (nSPS) is 23.1. The van der Waals surface area contributed by atoms with E-state index in [1.165, 1.54) is 5.56 Å². The molecular weight excluding hydrogens is 248 g/mol. The molecule has 1 fully saturated rings. The van der Waals surface area contributed by atoms with Gasteiger partial charge in [-0.15, -0.1) is 0 Å². The van der Waals surface area contributed by atoms with Crippen LogP contribution in [0.15, 0.2) is 18.2 Å². The van der Waals surface area contributed by atoms with Crippen molar-refractivity contribution in [1.82, 2.24) is 0 Å². The Morgan fingerprint density at radius 3 is 2.78 bits per heavy atom. The maximum atomic E-state index is 11.6. The minimum absolute atomic E-state index is 0.0100. The number of hydrogen-bond donors (Lipinski definition) is 1. The van der Waals surface area contributed by atoms with E-state index in [4.69, 9.17) is 5.73 Å². The highest BCUT2D eigenvalue weighted by molar-refractivity contribution is 7.91. The van der Waals surface area contributed by atoms with Gasteiger partial charge >= 0.3 is 0 Å². The molecule has 18 heavy (non-hydrogen) atoms. The molecule has 2 rings (SSSR count). The van der Waals surface area contributed by atoms with Crippen LogP contribution >= 0.6 is 0 Å². The summed E-state index contributed by atoms with van der Waals surface area (Å²) in [6, 6.07) is 6.17. The van der Waals surface area contributed by atoms with Gasteiger partial charge in [0.2, 0.25) is 0 Å². The van der Waals surface area contributed by atoms with Gasteiger partial charge in [-0.1, -0.05) is 12.1 Å². The summed E-state index contributed by atoms with van der Waals surface area (Å²) in [4.78, 5) is 2.16. The topological polar surface area (TPSA) is 63.4 Å². The summed E-state index contributed by atoms with van der Waals surface area (Å²) in [6.07, 6.45) is 0. The second kappa shape index (κ2) is 4.90. The molecule has 0 aliphatic carbocycles. The SMILES string of the molecule is Cc1ccc(CN)c(N2CCS(=O)(=O)CC2C)c1. The van der Waals surface area contributed by atoms with Gasteiger partial charge in [0.25, 0.3) is 0 Å². The van der Waals surface area contributed by atoms with Crippen LogP contribution in [0.25, 0.3) is 0 Å². The van der Waals surface area contributed by atoms with E-state index in [0.29, 0.717) is 13.1 Å². The van der Waals surface area contributed by atoms with Crippen molar-refractivity contribution in [2.75, 3.05) is 23.0 Å². The first-order valence-corrected chi connectivity index (χ1v) is 8.02. The van der Waals surface area contributed by atoms with E-state index in [-0.39, 0.29) is 17.5 Å². The van der Waals surface area contributed by atoms with Crippen LogP contribution in [0.2, 0.25) is 0 Å². The summed E-state index contributed by atoms with van der Waals surface area (Å²) < 4.78 is 23.2. The number of nitrogens with zero attached hydrogens (tertiary/aromatic N) is 1. The Morgan fingerprint density at radius 1 is 1.44 bits per heavy atom. The smallest absolute Gasteiger partial charge is 0.154 e. The number of hydrogen-bond acceptors (Lipinski definition) is 4. The molecule has 0 saturated carbocycles. The van der Waals surface area contributed by atoms with E-state index < -0.39 is 9.84 Å². The largest absolute Gasteiger partial charge is 0.367 e. The van der Waals surface area contributed by atoms with Crippen molar-refractivity contribution in [1.29, 1.82) is 0 Å². The summed E-state index contributed by atoms with van der Waals surface area (Å²) >= 11 is 0. The minimum Gasteiger partial charge on any atom is -0.367 e. The molecule has 0 spiro atoms. The zero-order valence-electron chi connectivity index (χ0n) is 10.9. The van der Waals surface area contributed by atoms with Crippen LogP contribution in [-0.4, -0.2) is 32.5 Å². The van der Waals surface area contributed by atoms with Gasteiger partial charge in [0.1, 0.15) is 0 Å². The van der Waals surface area contributed by atoms with Gasteiger partial charge in [-0.05, 0) is 31.0 Å². The van der Waals surface area contributed by atoms with Crippen LogP contribution in [0.1, 0.15) is 18.1 Å². The van der Waals surface area contributed by atoms with Crippen molar-refractivity contribution in [3.05, 3.63) is 29.3 Å². The quantitative estimate of drug-likeness (QED) is 0.871. The standard InChI is InChI=1S/C13H20N2O2S/c1-10-3-4-12(8-14)13(7-10)15-5-6-18(16,17)9-11(15)2/h3-4,7,11H,5-6,8-9,14H2,1-2H3. The van der Waals surface area contributed by atoms with Crippen molar-refractivity contribution in [2.45, 2.75) is 26.4 Å². The molecule has 1 aromatic carbocycles. The zero-order chi connectivity index (χ0) is 13.3.